The molecule has 0 spiro atoms. The van der Waals surface area contributed by atoms with Crippen LogP contribution in [-0.2, 0) is 28.2 Å². The van der Waals surface area contributed by atoms with Gasteiger partial charge in [-0.1, -0.05) is 13.8 Å². The van der Waals surface area contributed by atoms with Gasteiger partial charge in [0.1, 0.15) is 10.6 Å². The molecule has 0 saturated carbocycles. The quantitative estimate of drug-likeness (QED) is 0.790. The van der Waals surface area contributed by atoms with Crippen molar-refractivity contribution in [2.45, 2.75) is 45.4 Å². The smallest absolute Gasteiger partial charge is 0.125 e. The van der Waals surface area contributed by atoms with Crippen molar-refractivity contribution >= 4 is 11.3 Å². The molecule has 1 N–H and O–H groups in total. The fourth-order valence-electron chi connectivity index (χ4n) is 2.05. The summed E-state index contributed by atoms with van der Waals surface area (Å²) in [5, 5.41) is 4.24. The Kier molecular flexibility index (Phi) is 6.21. The number of nitrogens with zero attached hydrogens (tertiary/aromatic N) is 1. The van der Waals surface area contributed by atoms with Gasteiger partial charge in [0.15, 0.2) is 0 Å². The van der Waals surface area contributed by atoms with E-state index in [-0.39, 0.29) is 5.60 Å². The number of hydrogen-bond donors (Lipinski definition) is 1. The van der Waals surface area contributed by atoms with Gasteiger partial charge in [0, 0.05) is 25.6 Å². The first-order valence-electron chi connectivity index (χ1n) is 6.35. The Balaban J connectivity index is 3.12. The number of thiazole rings is 1. The molecule has 0 radical (unpaired) electrons. The van der Waals surface area contributed by atoms with Crippen molar-refractivity contribution in [1.29, 1.82) is 0 Å². The van der Waals surface area contributed by atoms with Gasteiger partial charge in [-0.25, -0.2) is 4.98 Å². The lowest BCUT2D eigenvalue weighted by Crippen LogP contribution is -2.26. The summed E-state index contributed by atoms with van der Waals surface area (Å²) in [4.78, 5) is 5.97. The van der Waals surface area contributed by atoms with Crippen molar-refractivity contribution in [3.63, 3.8) is 0 Å². The number of nitrogens with one attached hydrogen (secondary N) is 1. The third-order valence-electron chi connectivity index (χ3n) is 3.32. The Morgan fingerprint density at radius 3 is 2.39 bits per heavy atom. The Labute approximate surface area is 114 Å². The number of rotatable bonds is 8. The predicted molar refractivity (Wildman–Crippen MR) is 74.9 cm³/mol. The average Bonchev–Trinajstić information content (AvgIpc) is 2.77. The molecule has 4 nitrogen and oxygen atoms in total. The maximum Gasteiger partial charge on any atom is 0.125 e. The zero-order chi connectivity index (χ0) is 13.6. The van der Waals surface area contributed by atoms with Gasteiger partial charge in [0.25, 0.3) is 0 Å². The van der Waals surface area contributed by atoms with Crippen molar-refractivity contribution in [1.82, 2.24) is 10.3 Å². The molecule has 104 valence electrons. The lowest BCUT2D eigenvalue weighted by Gasteiger charge is -2.27. The number of hydrogen-bond acceptors (Lipinski definition) is 5. The SMILES string of the molecule is CCC(CC)(OC)c1nc(COC)c(CNC)s1. The normalized spacial score (nSPS) is 12.1. The minimum atomic E-state index is -0.251. The van der Waals surface area contributed by atoms with E-state index in [9.17, 15) is 0 Å². The van der Waals surface area contributed by atoms with E-state index in [2.05, 4.69) is 19.2 Å². The fourth-order valence-corrected chi connectivity index (χ4v) is 3.44. The molecule has 0 aliphatic heterocycles. The van der Waals surface area contributed by atoms with Crippen LogP contribution in [0.3, 0.4) is 0 Å². The van der Waals surface area contributed by atoms with E-state index in [1.165, 1.54) is 4.88 Å². The van der Waals surface area contributed by atoms with Crippen molar-refractivity contribution < 1.29 is 9.47 Å². The molecule has 0 amide bonds. The maximum atomic E-state index is 5.73. The molecule has 0 aliphatic rings. The second-order valence-corrected chi connectivity index (χ2v) is 5.34. The molecule has 0 bridgehead atoms. The van der Waals surface area contributed by atoms with Crippen LogP contribution in [0.1, 0.15) is 42.3 Å². The number of ether oxygens (including phenoxy) is 2. The van der Waals surface area contributed by atoms with E-state index >= 15 is 0 Å². The molecule has 0 aliphatic carbocycles. The van der Waals surface area contributed by atoms with Gasteiger partial charge in [-0.3, -0.25) is 0 Å². The van der Waals surface area contributed by atoms with Crippen molar-refractivity contribution in [2.24, 2.45) is 0 Å². The average molecular weight is 272 g/mol. The zero-order valence-electron chi connectivity index (χ0n) is 12.0. The lowest BCUT2D eigenvalue weighted by molar-refractivity contribution is -0.0221. The van der Waals surface area contributed by atoms with E-state index in [1.807, 2.05) is 7.05 Å². The summed E-state index contributed by atoms with van der Waals surface area (Å²) in [6.45, 7) is 5.66. The van der Waals surface area contributed by atoms with Gasteiger partial charge in [-0.15, -0.1) is 11.3 Å². The summed E-state index contributed by atoms with van der Waals surface area (Å²) in [6.07, 6.45) is 1.86. The van der Waals surface area contributed by atoms with E-state index in [4.69, 9.17) is 14.5 Å². The van der Waals surface area contributed by atoms with Crippen LogP contribution in [0.2, 0.25) is 0 Å². The van der Waals surface area contributed by atoms with Crippen molar-refractivity contribution in [3.05, 3.63) is 15.6 Å². The van der Waals surface area contributed by atoms with Crippen LogP contribution >= 0.6 is 11.3 Å². The summed E-state index contributed by atoms with van der Waals surface area (Å²) >= 11 is 1.73. The third-order valence-corrected chi connectivity index (χ3v) is 4.60. The molecule has 1 rings (SSSR count). The molecule has 0 aromatic carbocycles. The third kappa shape index (κ3) is 3.09. The van der Waals surface area contributed by atoms with Crippen LogP contribution in [0.5, 0.6) is 0 Å². The van der Waals surface area contributed by atoms with E-state index in [0.717, 1.165) is 30.1 Å². The minimum absolute atomic E-state index is 0.251. The summed E-state index contributed by atoms with van der Waals surface area (Å²) < 4.78 is 11.0. The van der Waals surface area contributed by atoms with Crippen LogP contribution in [0, 0.1) is 0 Å². The number of aromatic nitrogens is 1. The summed E-state index contributed by atoms with van der Waals surface area (Å²) in [7, 11) is 5.41. The monoisotopic (exact) mass is 272 g/mol. The Hall–Kier alpha value is -0.490. The Morgan fingerprint density at radius 1 is 1.28 bits per heavy atom. The molecule has 1 aromatic heterocycles. The summed E-state index contributed by atoms with van der Waals surface area (Å²) in [5.41, 5.74) is 0.772. The molecule has 0 unspecified atom stereocenters. The highest BCUT2D eigenvalue weighted by molar-refractivity contribution is 7.11. The standard InChI is InChI=1S/C13H24N2O2S/c1-6-13(7-2,17-5)12-15-10(9-16-4)11(18-12)8-14-3/h14H,6-9H2,1-5H3. The molecular formula is C13H24N2O2S. The second-order valence-electron chi connectivity index (χ2n) is 4.26. The Morgan fingerprint density at radius 2 is 1.94 bits per heavy atom. The van der Waals surface area contributed by atoms with Gasteiger partial charge in [0.05, 0.1) is 12.3 Å². The van der Waals surface area contributed by atoms with E-state index in [0.29, 0.717) is 6.61 Å². The van der Waals surface area contributed by atoms with Crippen molar-refractivity contribution in [3.8, 4) is 0 Å². The van der Waals surface area contributed by atoms with Gasteiger partial charge in [0.2, 0.25) is 0 Å². The molecule has 18 heavy (non-hydrogen) atoms. The van der Waals surface area contributed by atoms with E-state index in [1.54, 1.807) is 25.6 Å². The first kappa shape index (κ1) is 15.6. The molecule has 0 atom stereocenters. The summed E-state index contributed by atoms with van der Waals surface area (Å²) in [5.74, 6) is 0. The molecule has 1 heterocycles. The first-order valence-corrected chi connectivity index (χ1v) is 7.16. The van der Waals surface area contributed by atoms with Gasteiger partial charge >= 0.3 is 0 Å². The summed E-state index contributed by atoms with van der Waals surface area (Å²) in [6, 6.07) is 0. The molecule has 0 fully saturated rings. The van der Waals surface area contributed by atoms with Crippen LogP contribution in [0.4, 0.5) is 0 Å². The number of methoxy groups -OCH3 is 2. The second kappa shape index (κ2) is 7.19. The largest absolute Gasteiger partial charge is 0.378 e. The van der Waals surface area contributed by atoms with Crippen LogP contribution < -0.4 is 5.32 Å². The Bertz CT molecular complexity index is 330. The fraction of sp³-hybridized carbons (Fsp3) is 0.769. The molecule has 0 saturated heterocycles. The van der Waals surface area contributed by atoms with Crippen LogP contribution in [0.15, 0.2) is 0 Å². The zero-order valence-corrected chi connectivity index (χ0v) is 12.8. The van der Waals surface area contributed by atoms with Gasteiger partial charge < -0.3 is 14.8 Å². The van der Waals surface area contributed by atoms with Crippen LogP contribution in [0.25, 0.3) is 0 Å². The van der Waals surface area contributed by atoms with Gasteiger partial charge in [-0.2, -0.15) is 0 Å². The first-order chi connectivity index (χ1) is 8.67. The van der Waals surface area contributed by atoms with Crippen molar-refractivity contribution in [2.75, 3.05) is 21.3 Å². The highest BCUT2D eigenvalue weighted by Gasteiger charge is 2.32. The van der Waals surface area contributed by atoms with Crippen LogP contribution in [-0.4, -0.2) is 26.3 Å². The van der Waals surface area contributed by atoms with E-state index < -0.39 is 0 Å². The highest BCUT2D eigenvalue weighted by atomic mass is 32.1. The molecule has 5 heteroatoms. The topological polar surface area (TPSA) is 43.4 Å². The minimum Gasteiger partial charge on any atom is -0.378 e. The maximum absolute atomic E-state index is 5.73. The predicted octanol–water partition coefficient (Wildman–Crippen LogP) is 2.67. The highest BCUT2D eigenvalue weighted by Crippen LogP contribution is 2.36. The molecule has 1 aromatic rings. The molecular weight excluding hydrogens is 248 g/mol. The lowest BCUT2D eigenvalue weighted by atomic mass is 9.98. The van der Waals surface area contributed by atoms with Gasteiger partial charge in [-0.05, 0) is 19.9 Å².